The van der Waals surface area contributed by atoms with Crippen LogP contribution in [0.25, 0.3) is 0 Å². The van der Waals surface area contributed by atoms with Crippen LogP contribution in [0.15, 0.2) is 18.3 Å². The van der Waals surface area contributed by atoms with Crippen LogP contribution in [0, 0.1) is 5.92 Å². The number of amides is 2. The molecular formula is C13H19N3O3. The molecule has 0 atom stereocenters. The standard InChI is InChI=1S/C13H19N3O3/c1-9(2)8-16(3)13(19)15-11-5-4-10(14-7-11)6-12(17)18/h4-5,7,9H,6,8H2,1-3H3,(H,15,19)(H,17,18). The summed E-state index contributed by atoms with van der Waals surface area (Å²) in [5, 5.41) is 11.3. The van der Waals surface area contributed by atoms with Gasteiger partial charge in [0, 0.05) is 13.6 Å². The number of nitrogens with one attached hydrogen (secondary N) is 1. The highest BCUT2D eigenvalue weighted by molar-refractivity contribution is 5.88. The Kier molecular flexibility index (Phi) is 5.29. The number of hydrogen-bond acceptors (Lipinski definition) is 3. The van der Waals surface area contributed by atoms with Crippen LogP contribution in [0.2, 0.25) is 0 Å². The highest BCUT2D eigenvalue weighted by Gasteiger charge is 2.10. The Morgan fingerprint density at radius 2 is 2.11 bits per heavy atom. The quantitative estimate of drug-likeness (QED) is 0.850. The first-order valence-electron chi connectivity index (χ1n) is 6.07. The number of urea groups is 1. The van der Waals surface area contributed by atoms with Crippen LogP contribution in [0.3, 0.4) is 0 Å². The van der Waals surface area contributed by atoms with Crippen molar-refractivity contribution < 1.29 is 14.7 Å². The summed E-state index contributed by atoms with van der Waals surface area (Å²) in [7, 11) is 1.72. The number of aliphatic carboxylic acids is 1. The van der Waals surface area contributed by atoms with Crippen molar-refractivity contribution in [2.45, 2.75) is 20.3 Å². The van der Waals surface area contributed by atoms with E-state index in [4.69, 9.17) is 5.11 Å². The number of pyridine rings is 1. The Labute approximate surface area is 112 Å². The summed E-state index contributed by atoms with van der Waals surface area (Å²) < 4.78 is 0. The Bertz CT molecular complexity index is 443. The Hall–Kier alpha value is -2.11. The minimum Gasteiger partial charge on any atom is -0.481 e. The van der Waals surface area contributed by atoms with Gasteiger partial charge >= 0.3 is 12.0 Å². The van der Waals surface area contributed by atoms with Crippen LogP contribution >= 0.6 is 0 Å². The molecule has 1 rings (SSSR count). The van der Waals surface area contributed by atoms with Gasteiger partial charge in [0.2, 0.25) is 0 Å². The van der Waals surface area contributed by atoms with Gasteiger partial charge in [-0.3, -0.25) is 9.78 Å². The van der Waals surface area contributed by atoms with Gasteiger partial charge in [0.15, 0.2) is 0 Å². The lowest BCUT2D eigenvalue weighted by molar-refractivity contribution is -0.136. The van der Waals surface area contributed by atoms with Gasteiger partial charge < -0.3 is 15.3 Å². The lowest BCUT2D eigenvalue weighted by atomic mass is 10.2. The average Bonchev–Trinajstić information content (AvgIpc) is 2.30. The van der Waals surface area contributed by atoms with E-state index < -0.39 is 5.97 Å². The number of carboxylic acids is 1. The topological polar surface area (TPSA) is 82.5 Å². The summed E-state index contributed by atoms with van der Waals surface area (Å²) in [5.74, 6) is -0.534. The van der Waals surface area contributed by atoms with E-state index in [2.05, 4.69) is 10.3 Å². The van der Waals surface area contributed by atoms with E-state index in [1.165, 1.54) is 6.20 Å². The summed E-state index contributed by atoms with van der Waals surface area (Å²) >= 11 is 0. The number of carbonyl (C=O) groups excluding carboxylic acids is 1. The molecule has 0 aromatic carbocycles. The van der Waals surface area contributed by atoms with Crippen LogP contribution in [0.4, 0.5) is 10.5 Å². The second-order valence-corrected chi connectivity index (χ2v) is 4.81. The average molecular weight is 265 g/mol. The Morgan fingerprint density at radius 1 is 1.42 bits per heavy atom. The lowest BCUT2D eigenvalue weighted by Crippen LogP contribution is -2.34. The second-order valence-electron chi connectivity index (χ2n) is 4.81. The van der Waals surface area contributed by atoms with E-state index in [0.717, 1.165) is 0 Å². The first-order chi connectivity index (χ1) is 8.88. The largest absolute Gasteiger partial charge is 0.481 e. The molecule has 6 heteroatoms. The molecule has 0 aliphatic carbocycles. The van der Waals surface area contributed by atoms with Gasteiger partial charge in [-0.25, -0.2) is 4.79 Å². The molecule has 0 saturated carbocycles. The molecule has 1 aromatic heterocycles. The summed E-state index contributed by atoms with van der Waals surface area (Å²) in [5.41, 5.74) is 1.01. The fraction of sp³-hybridized carbons (Fsp3) is 0.462. The van der Waals surface area contributed by atoms with Crippen molar-refractivity contribution in [1.29, 1.82) is 0 Å². The molecule has 0 unspecified atom stereocenters. The zero-order chi connectivity index (χ0) is 14.4. The molecule has 2 amide bonds. The fourth-order valence-electron chi connectivity index (χ4n) is 1.61. The predicted octanol–water partition coefficient (Wildman–Crippen LogP) is 1.83. The number of carboxylic acid groups (broad SMARTS) is 1. The SMILES string of the molecule is CC(C)CN(C)C(=O)Nc1ccc(CC(=O)O)nc1. The Balaban J connectivity index is 2.57. The van der Waals surface area contributed by atoms with Gasteiger partial charge in [0.1, 0.15) is 0 Å². The molecular weight excluding hydrogens is 246 g/mol. The molecule has 0 aliphatic heterocycles. The monoisotopic (exact) mass is 265 g/mol. The normalized spacial score (nSPS) is 10.3. The Morgan fingerprint density at radius 3 is 2.58 bits per heavy atom. The van der Waals surface area contributed by atoms with Crippen molar-refractivity contribution in [2.24, 2.45) is 5.92 Å². The van der Waals surface area contributed by atoms with E-state index in [1.807, 2.05) is 13.8 Å². The van der Waals surface area contributed by atoms with E-state index in [-0.39, 0.29) is 12.5 Å². The van der Waals surface area contributed by atoms with Crippen LogP contribution in [-0.2, 0) is 11.2 Å². The number of nitrogens with zero attached hydrogens (tertiary/aromatic N) is 2. The molecule has 0 saturated heterocycles. The van der Waals surface area contributed by atoms with E-state index in [0.29, 0.717) is 23.8 Å². The van der Waals surface area contributed by atoms with Gasteiger partial charge in [-0.05, 0) is 18.1 Å². The van der Waals surface area contributed by atoms with Gasteiger partial charge in [0.25, 0.3) is 0 Å². The molecule has 19 heavy (non-hydrogen) atoms. The van der Waals surface area contributed by atoms with Gasteiger partial charge in [0.05, 0.1) is 24.0 Å². The maximum absolute atomic E-state index is 11.8. The van der Waals surface area contributed by atoms with E-state index in [9.17, 15) is 9.59 Å². The molecule has 6 nitrogen and oxygen atoms in total. The van der Waals surface area contributed by atoms with Crippen LogP contribution in [0.5, 0.6) is 0 Å². The minimum atomic E-state index is -0.930. The predicted molar refractivity (Wildman–Crippen MR) is 72.1 cm³/mol. The molecule has 0 bridgehead atoms. The third-order valence-corrected chi connectivity index (χ3v) is 2.39. The van der Waals surface area contributed by atoms with Crippen molar-refractivity contribution in [3.05, 3.63) is 24.0 Å². The highest BCUT2D eigenvalue weighted by atomic mass is 16.4. The van der Waals surface area contributed by atoms with E-state index >= 15 is 0 Å². The smallest absolute Gasteiger partial charge is 0.321 e. The van der Waals surface area contributed by atoms with Crippen LogP contribution < -0.4 is 5.32 Å². The maximum atomic E-state index is 11.8. The van der Waals surface area contributed by atoms with Crippen molar-refractivity contribution in [3.63, 3.8) is 0 Å². The van der Waals surface area contributed by atoms with Crippen LogP contribution in [0.1, 0.15) is 19.5 Å². The summed E-state index contributed by atoms with van der Waals surface area (Å²) in [6.45, 7) is 4.73. The number of rotatable bonds is 5. The number of anilines is 1. The number of aromatic nitrogens is 1. The molecule has 104 valence electrons. The maximum Gasteiger partial charge on any atom is 0.321 e. The molecule has 0 spiro atoms. The van der Waals surface area contributed by atoms with Crippen molar-refractivity contribution in [3.8, 4) is 0 Å². The number of hydrogen-bond donors (Lipinski definition) is 2. The van der Waals surface area contributed by atoms with Crippen LogP contribution in [-0.4, -0.2) is 40.6 Å². The van der Waals surface area contributed by atoms with Gasteiger partial charge in [-0.2, -0.15) is 0 Å². The minimum absolute atomic E-state index is 0.124. The molecule has 0 radical (unpaired) electrons. The third-order valence-electron chi connectivity index (χ3n) is 2.39. The van der Waals surface area contributed by atoms with Crippen molar-refractivity contribution in [1.82, 2.24) is 9.88 Å². The van der Waals surface area contributed by atoms with Gasteiger partial charge in [-0.1, -0.05) is 13.8 Å². The first kappa shape index (κ1) is 14.9. The zero-order valence-corrected chi connectivity index (χ0v) is 11.4. The summed E-state index contributed by atoms with van der Waals surface area (Å²) in [6, 6.07) is 3.03. The van der Waals surface area contributed by atoms with Gasteiger partial charge in [-0.15, -0.1) is 0 Å². The summed E-state index contributed by atoms with van der Waals surface area (Å²) in [6.07, 6.45) is 1.33. The number of carbonyl (C=O) groups is 2. The first-order valence-corrected chi connectivity index (χ1v) is 6.07. The van der Waals surface area contributed by atoms with Crippen molar-refractivity contribution in [2.75, 3.05) is 18.9 Å². The van der Waals surface area contributed by atoms with E-state index in [1.54, 1.807) is 24.1 Å². The molecule has 2 N–H and O–H groups in total. The van der Waals surface area contributed by atoms with Crippen molar-refractivity contribution >= 4 is 17.7 Å². The second kappa shape index (κ2) is 6.72. The zero-order valence-electron chi connectivity index (χ0n) is 11.4. The highest BCUT2D eigenvalue weighted by Crippen LogP contribution is 2.08. The molecule has 1 heterocycles. The molecule has 0 aliphatic rings. The summed E-state index contributed by atoms with van der Waals surface area (Å²) in [4.78, 5) is 27.9. The third kappa shape index (κ3) is 5.37. The lowest BCUT2D eigenvalue weighted by Gasteiger charge is -2.19. The fourth-order valence-corrected chi connectivity index (χ4v) is 1.61. The molecule has 0 fully saturated rings. The molecule has 1 aromatic rings.